The molecule has 4 rings (SSSR count). The third-order valence-corrected chi connectivity index (χ3v) is 5.31. The van der Waals surface area contributed by atoms with Crippen molar-refractivity contribution in [3.05, 3.63) is 82.4 Å². The van der Waals surface area contributed by atoms with Crippen LogP contribution in [-0.2, 0) is 4.74 Å². The number of ether oxygens (including phenoxy) is 1. The van der Waals surface area contributed by atoms with Crippen molar-refractivity contribution in [2.45, 2.75) is 11.8 Å². The molecule has 7 heteroatoms. The van der Waals surface area contributed by atoms with Crippen molar-refractivity contribution in [2.24, 2.45) is 0 Å². The largest absolute Gasteiger partial charge is 0.508 e. The molecule has 152 valence electrons. The molecule has 0 spiro atoms. The molecule has 0 aliphatic heterocycles. The monoisotopic (exact) mass is 406 g/mol. The fourth-order valence-electron chi connectivity index (χ4n) is 4.08. The van der Waals surface area contributed by atoms with Gasteiger partial charge in [0.15, 0.2) is 5.78 Å². The molecule has 0 aromatic heterocycles. The number of ketones is 1. The zero-order valence-electron chi connectivity index (χ0n) is 15.9. The number of phenolic OH excluding ortho intramolecular Hbond substituents is 4. The lowest BCUT2D eigenvalue weighted by Gasteiger charge is -2.21. The lowest BCUT2D eigenvalue weighted by molar-refractivity contribution is 0.0600. The molecule has 0 fully saturated rings. The summed E-state index contributed by atoms with van der Waals surface area (Å²) in [4.78, 5) is 25.0. The molecule has 30 heavy (non-hydrogen) atoms. The minimum absolute atomic E-state index is 0.155. The first kappa shape index (κ1) is 19.3. The second kappa shape index (κ2) is 7.11. The van der Waals surface area contributed by atoms with Crippen LogP contribution < -0.4 is 0 Å². The fourth-order valence-corrected chi connectivity index (χ4v) is 4.08. The summed E-state index contributed by atoms with van der Waals surface area (Å²) in [7, 11) is 1.27. The third kappa shape index (κ3) is 3.10. The summed E-state index contributed by atoms with van der Waals surface area (Å²) in [5.74, 6) is -3.28. The molecule has 7 nitrogen and oxygen atoms in total. The van der Waals surface area contributed by atoms with E-state index in [1.54, 1.807) is 12.1 Å². The van der Waals surface area contributed by atoms with E-state index in [1.807, 2.05) is 0 Å². The number of carbonyl (C=O) groups is 2. The minimum Gasteiger partial charge on any atom is -0.508 e. The van der Waals surface area contributed by atoms with Gasteiger partial charge < -0.3 is 25.2 Å². The molecule has 2 atom stereocenters. The number of methoxy groups -OCH3 is 1. The summed E-state index contributed by atoms with van der Waals surface area (Å²) in [6.07, 6.45) is 0. The fraction of sp³-hybridized carbons (Fsp3) is 0.130. The molecular weight excluding hydrogens is 388 g/mol. The van der Waals surface area contributed by atoms with E-state index >= 15 is 0 Å². The van der Waals surface area contributed by atoms with Crippen LogP contribution in [0.4, 0.5) is 0 Å². The van der Waals surface area contributed by atoms with Crippen LogP contribution in [0.5, 0.6) is 23.0 Å². The molecule has 0 unspecified atom stereocenters. The van der Waals surface area contributed by atoms with E-state index in [0.717, 1.165) is 12.1 Å². The molecular formula is C23H18O7. The predicted octanol–water partition coefficient (Wildman–Crippen LogP) is 3.41. The van der Waals surface area contributed by atoms with Crippen LogP contribution in [0.25, 0.3) is 0 Å². The van der Waals surface area contributed by atoms with Crippen LogP contribution >= 0.6 is 0 Å². The number of carbonyl (C=O) groups excluding carboxylic acids is 2. The van der Waals surface area contributed by atoms with Gasteiger partial charge in [-0.2, -0.15) is 0 Å². The van der Waals surface area contributed by atoms with E-state index in [-0.39, 0.29) is 34.3 Å². The molecule has 0 amide bonds. The number of hydrogen-bond acceptors (Lipinski definition) is 7. The number of rotatable bonds is 3. The molecule has 3 aromatic carbocycles. The number of benzene rings is 3. The first-order valence-corrected chi connectivity index (χ1v) is 9.11. The van der Waals surface area contributed by atoms with Crippen molar-refractivity contribution in [2.75, 3.05) is 7.11 Å². The second-order valence-corrected chi connectivity index (χ2v) is 7.14. The zero-order chi connectivity index (χ0) is 21.6. The maximum atomic E-state index is 13.3. The Morgan fingerprint density at radius 3 is 2.00 bits per heavy atom. The summed E-state index contributed by atoms with van der Waals surface area (Å²) < 4.78 is 4.70. The molecule has 0 radical (unpaired) electrons. The normalized spacial score (nSPS) is 17.6. The highest BCUT2D eigenvalue weighted by Gasteiger charge is 2.44. The van der Waals surface area contributed by atoms with Crippen molar-refractivity contribution in [3.63, 3.8) is 0 Å². The molecule has 0 heterocycles. The predicted molar refractivity (Wildman–Crippen MR) is 106 cm³/mol. The van der Waals surface area contributed by atoms with E-state index in [9.17, 15) is 30.0 Å². The Morgan fingerprint density at radius 2 is 1.40 bits per heavy atom. The molecule has 4 N–H and O–H groups in total. The van der Waals surface area contributed by atoms with Crippen molar-refractivity contribution in [1.82, 2.24) is 0 Å². The van der Waals surface area contributed by atoms with Gasteiger partial charge in [-0.15, -0.1) is 0 Å². The van der Waals surface area contributed by atoms with Crippen molar-refractivity contribution in [1.29, 1.82) is 0 Å². The van der Waals surface area contributed by atoms with E-state index in [2.05, 4.69) is 0 Å². The number of esters is 1. The summed E-state index contributed by atoms with van der Waals surface area (Å²) >= 11 is 0. The summed E-state index contributed by atoms with van der Waals surface area (Å²) in [6.45, 7) is 0. The van der Waals surface area contributed by atoms with Gasteiger partial charge in [-0.1, -0.05) is 12.1 Å². The molecule has 0 saturated carbocycles. The van der Waals surface area contributed by atoms with Crippen LogP contribution in [0.2, 0.25) is 0 Å². The van der Waals surface area contributed by atoms with Gasteiger partial charge in [-0.3, -0.25) is 4.79 Å². The van der Waals surface area contributed by atoms with Crippen molar-refractivity contribution >= 4 is 11.8 Å². The maximum Gasteiger partial charge on any atom is 0.337 e. The van der Waals surface area contributed by atoms with Gasteiger partial charge in [0.25, 0.3) is 0 Å². The van der Waals surface area contributed by atoms with Crippen molar-refractivity contribution < 1.29 is 34.8 Å². The summed E-state index contributed by atoms with van der Waals surface area (Å²) in [5, 5.41) is 40.3. The SMILES string of the molecule is COC(=O)c1ccc([C@H]2C(=O)c3cc(O)cc(O)c3[C@@H]2c2cc(O)cc(O)c2)cc1. The number of Topliss-reactive ketones (excluding diaryl/α,β-unsaturated/α-hetero) is 1. The Balaban J connectivity index is 1.91. The van der Waals surface area contributed by atoms with Crippen LogP contribution in [0, 0.1) is 0 Å². The lowest BCUT2D eigenvalue weighted by atomic mass is 9.81. The second-order valence-electron chi connectivity index (χ2n) is 7.14. The number of phenols is 4. The van der Waals surface area contributed by atoms with Crippen LogP contribution in [0.1, 0.15) is 49.2 Å². The van der Waals surface area contributed by atoms with Crippen molar-refractivity contribution in [3.8, 4) is 23.0 Å². The minimum atomic E-state index is -0.805. The highest BCUT2D eigenvalue weighted by Crippen LogP contribution is 2.52. The van der Waals surface area contributed by atoms with Crippen LogP contribution in [0.15, 0.2) is 54.6 Å². The Hall–Kier alpha value is -4.00. The number of fused-ring (bicyclic) bond motifs is 1. The standard InChI is InChI=1S/C23H18O7/c1-30-23(29)12-4-2-11(3-5-12)20-19(13-6-14(24)8-15(25)7-13)21-17(22(20)28)9-16(26)10-18(21)27/h2-10,19-20,24-27H,1H3/t19-,20-/m1/s1. The zero-order valence-corrected chi connectivity index (χ0v) is 15.9. The molecule has 3 aromatic rings. The summed E-state index contributed by atoms with van der Waals surface area (Å²) in [6, 6.07) is 12.7. The van der Waals surface area contributed by atoms with Gasteiger partial charge in [0.1, 0.15) is 23.0 Å². The smallest absolute Gasteiger partial charge is 0.337 e. The van der Waals surface area contributed by atoms with Gasteiger partial charge in [-0.05, 0) is 41.5 Å². The first-order valence-electron chi connectivity index (χ1n) is 9.11. The van der Waals surface area contributed by atoms with Gasteiger partial charge in [0.05, 0.1) is 18.6 Å². The quantitative estimate of drug-likeness (QED) is 0.491. The topological polar surface area (TPSA) is 124 Å². The van der Waals surface area contributed by atoms with Crippen LogP contribution in [0.3, 0.4) is 0 Å². The van der Waals surface area contributed by atoms with E-state index < -0.39 is 17.8 Å². The van der Waals surface area contributed by atoms with E-state index in [0.29, 0.717) is 22.3 Å². The Labute approximate surface area is 171 Å². The maximum absolute atomic E-state index is 13.3. The Kier molecular flexibility index (Phi) is 4.58. The molecule has 1 aliphatic carbocycles. The van der Waals surface area contributed by atoms with E-state index in [1.165, 1.54) is 37.4 Å². The molecule has 0 bridgehead atoms. The number of aromatic hydroxyl groups is 4. The lowest BCUT2D eigenvalue weighted by Crippen LogP contribution is -2.13. The van der Waals surface area contributed by atoms with Gasteiger partial charge in [-0.25, -0.2) is 4.79 Å². The first-order chi connectivity index (χ1) is 14.3. The average Bonchev–Trinajstić information content (AvgIpc) is 2.99. The molecule has 0 saturated heterocycles. The highest BCUT2D eigenvalue weighted by molar-refractivity contribution is 6.08. The van der Waals surface area contributed by atoms with E-state index in [4.69, 9.17) is 4.74 Å². The summed E-state index contributed by atoms with van der Waals surface area (Å²) in [5.41, 5.74) is 1.75. The Bertz CT molecular complexity index is 1140. The third-order valence-electron chi connectivity index (χ3n) is 5.31. The van der Waals surface area contributed by atoms with Gasteiger partial charge >= 0.3 is 5.97 Å². The Morgan fingerprint density at radius 1 is 0.800 bits per heavy atom. The van der Waals surface area contributed by atoms with Gasteiger partial charge in [0, 0.05) is 29.2 Å². The highest BCUT2D eigenvalue weighted by atomic mass is 16.5. The average molecular weight is 406 g/mol. The number of hydrogen-bond donors (Lipinski definition) is 4. The molecule has 1 aliphatic rings. The van der Waals surface area contributed by atoms with Gasteiger partial charge in [0.2, 0.25) is 0 Å². The van der Waals surface area contributed by atoms with Crippen LogP contribution in [-0.4, -0.2) is 39.3 Å².